The smallest absolute Gasteiger partial charge is 0.421 e. The van der Waals surface area contributed by atoms with E-state index < -0.39 is 50.5 Å². The molecule has 0 fully saturated rings. The summed E-state index contributed by atoms with van der Waals surface area (Å²) in [6, 6.07) is 11.7. The summed E-state index contributed by atoms with van der Waals surface area (Å²) in [7, 11) is -4.05. The minimum Gasteiger partial charge on any atom is -0.456 e. The number of sulfone groups is 1. The van der Waals surface area contributed by atoms with Gasteiger partial charge < -0.3 is 15.5 Å². The molecular weight excluding hydrogens is 486 g/mol. The van der Waals surface area contributed by atoms with E-state index in [-0.39, 0.29) is 20.7 Å². The number of benzene rings is 3. The molecule has 12 heteroatoms. The summed E-state index contributed by atoms with van der Waals surface area (Å²) in [6.45, 7) is 0. The maximum absolute atomic E-state index is 13.6. The van der Waals surface area contributed by atoms with E-state index in [9.17, 15) is 34.8 Å². The van der Waals surface area contributed by atoms with Crippen LogP contribution in [0.4, 0.5) is 32.0 Å². The fourth-order valence-electron chi connectivity index (χ4n) is 3.42. The predicted molar refractivity (Wildman–Crippen MR) is 111 cm³/mol. The first-order valence-electron chi connectivity index (χ1n) is 9.46. The fourth-order valence-corrected chi connectivity index (χ4v) is 4.87. The molecule has 4 rings (SSSR count). The van der Waals surface area contributed by atoms with Gasteiger partial charge in [-0.1, -0.05) is 18.2 Å². The number of halogens is 6. The first kappa shape index (κ1) is 23.5. The van der Waals surface area contributed by atoms with Gasteiger partial charge in [-0.3, -0.25) is 0 Å². The minimum absolute atomic E-state index is 0.0207. The molecule has 3 N–H and O–H groups in total. The monoisotopic (exact) mass is 500 g/mol. The molecule has 0 radical (unpaired) electrons. The highest BCUT2D eigenvalue weighted by Crippen LogP contribution is 2.48. The van der Waals surface area contributed by atoms with Crippen molar-refractivity contribution in [3.8, 4) is 11.5 Å². The summed E-state index contributed by atoms with van der Waals surface area (Å²) in [5.41, 5.74) is 1.20. The summed E-state index contributed by atoms with van der Waals surface area (Å²) < 4.78 is 112. The summed E-state index contributed by atoms with van der Waals surface area (Å²) in [5.74, 6) is -1.97. The van der Waals surface area contributed by atoms with Crippen LogP contribution in [-0.4, -0.2) is 13.4 Å². The molecule has 3 aromatic carbocycles. The zero-order chi connectivity index (χ0) is 24.9. The van der Waals surface area contributed by atoms with Crippen LogP contribution in [0.2, 0.25) is 0 Å². The van der Waals surface area contributed by atoms with Crippen LogP contribution in [-0.2, 0) is 22.2 Å². The number of alkyl halides is 6. The zero-order valence-corrected chi connectivity index (χ0v) is 17.6. The van der Waals surface area contributed by atoms with Gasteiger partial charge in [0, 0.05) is 22.8 Å². The van der Waals surface area contributed by atoms with E-state index in [4.69, 9.17) is 10.5 Å². The standard InChI is InChI=1S/C22H14F6N2O3S/c23-21(24,25)15-7-8-16(29)19(22(26,27)28)20(15)33-12-6-9-17-14(10-12)18(11-30-17)34(31,32)13-4-2-1-3-5-13/h1-11,30H,29H2. The largest absolute Gasteiger partial charge is 0.456 e. The Balaban J connectivity index is 1.88. The Labute approximate surface area is 188 Å². The van der Waals surface area contributed by atoms with Crippen LogP contribution in [0.3, 0.4) is 0 Å². The van der Waals surface area contributed by atoms with Crippen molar-refractivity contribution in [3.05, 3.63) is 78.0 Å². The van der Waals surface area contributed by atoms with Crippen LogP contribution in [0, 0.1) is 0 Å². The van der Waals surface area contributed by atoms with Crippen molar-refractivity contribution >= 4 is 26.4 Å². The molecule has 1 aromatic heterocycles. The van der Waals surface area contributed by atoms with E-state index >= 15 is 0 Å². The number of ether oxygens (including phenoxy) is 1. The van der Waals surface area contributed by atoms with E-state index in [0.29, 0.717) is 12.1 Å². The second kappa shape index (κ2) is 7.97. The zero-order valence-electron chi connectivity index (χ0n) is 16.8. The number of nitrogen functional groups attached to an aromatic ring is 1. The lowest BCUT2D eigenvalue weighted by Crippen LogP contribution is -2.16. The van der Waals surface area contributed by atoms with E-state index in [1.54, 1.807) is 6.07 Å². The maximum atomic E-state index is 13.6. The second-order valence-electron chi connectivity index (χ2n) is 7.18. The first-order chi connectivity index (χ1) is 15.8. The molecule has 0 aliphatic carbocycles. The van der Waals surface area contributed by atoms with Crippen molar-refractivity contribution in [1.82, 2.24) is 4.98 Å². The lowest BCUT2D eigenvalue weighted by molar-refractivity contribution is -0.144. The first-order valence-corrected chi connectivity index (χ1v) is 10.9. The van der Waals surface area contributed by atoms with Crippen molar-refractivity contribution in [2.24, 2.45) is 0 Å². The summed E-state index contributed by atoms with van der Waals surface area (Å²) in [4.78, 5) is 2.45. The lowest BCUT2D eigenvalue weighted by Gasteiger charge is -2.20. The molecule has 0 unspecified atom stereocenters. The Bertz CT molecular complexity index is 1480. The fraction of sp³-hybridized carbons (Fsp3) is 0.0909. The van der Waals surface area contributed by atoms with Gasteiger partial charge in [-0.2, -0.15) is 26.3 Å². The molecule has 0 atom stereocenters. The van der Waals surface area contributed by atoms with Gasteiger partial charge in [-0.05, 0) is 42.5 Å². The number of hydrogen-bond acceptors (Lipinski definition) is 4. The highest BCUT2D eigenvalue weighted by molar-refractivity contribution is 7.91. The molecule has 1 heterocycles. The Morgan fingerprint density at radius 1 is 0.853 bits per heavy atom. The molecule has 0 amide bonds. The number of aromatic amines is 1. The van der Waals surface area contributed by atoms with Gasteiger partial charge in [0.15, 0.2) is 5.75 Å². The van der Waals surface area contributed by atoms with Crippen LogP contribution in [0.5, 0.6) is 11.5 Å². The van der Waals surface area contributed by atoms with Gasteiger partial charge in [-0.15, -0.1) is 0 Å². The van der Waals surface area contributed by atoms with E-state index in [1.165, 1.54) is 36.5 Å². The number of rotatable bonds is 4. The quantitative estimate of drug-likeness (QED) is 0.250. The van der Waals surface area contributed by atoms with Crippen LogP contribution < -0.4 is 10.5 Å². The van der Waals surface area contributed by atoms with Crippen molar-refractivity contribution in [2.75, 3.05) is 5.73 Å². The molecule has 178 valence electrons. The van der Waals surface area contributed by atoms with Crippen molar-refractivity contribution in [3.63, 3.8) is 0 Å². The summed E-state index contributed by atoms with van der Waals surface area (Å²) in [5, 5.41) is 0.0207. The third-order valence-electron chi connectivity index (χ3n) is 4.96. The van der Waals surface area contributed by atoms with Gasteiger partial charge >= 0.3 is 12.4 Å². The van der Waals surface area contributed by atoms with Crippen molar-refractivity contribution in [2.45, 2.75) is 22.1 Å². The molecule has 0 bridgehead atoms. The highest BCUT2D eigenvalue weighted by atomic mass is 32.2. The molecule has 4 aromatic rings. The van der Waals surface area contributed by atoms with Crippen molar-refractivity contribution in [1.29, 1.82) is 0 Å². The van der Waals surface area contributed by atoms with Crippen molar-refractivity contribution < 1.29 is 39.5 Å². The van der Waals surface area contributed by atoms with Gasteiger partial charge in [0.25, 0.3) is 0 Å². The van der Waals surface area contributed by atoms with Crippen LogP contribution >= 0.6 is 0 Å². The Morgan fingerprint density at radius 3 is 2.15 bits per heavy atom. The summed E-state index contributed by atoms with van der Waals surface area (Å²) >= 11 is 0. The minimum atomic E-state index is -5.25. The summed E-state index contributed by atoms with van der Waals surface area (Å²) in [6.07, 6.45) is -9.25. The molecule has 0 saturated carbocycles. The Hall–Kier alpha value is -3.67. The topological polar surface area (TPSA) is 85.2 Å². The number of anilines is 1. The third-order valence-corrected chi connectivity index (χ3v) is 6.77. The molecule has 34 heavy (non-hydrogen) atoms. The number of hydrogen-bond donors (Lipinski definition) is 2. The van der Waals surface area contributed by atoms with Gasteiger partial charge in [0.1, 0.15) is 11.3 Å². The average molecular weight is 500 g/mol. The number of H-pyrrole nitrogens is 1. The molecular formula is C22H14F6N2O3S. The molecule has 5 nitrogen and oxygen atoms in total. The number of nitrogens with two attached hydrogens (primary N) is 1. The maximum Gasteiger partial charge on any atom is 0.421 e. The normalized spacial score (nSPS) is 12.8. The predicted octanol–water partition coefficient (Wildman–Crippen LogP) is 6.41. The molecule has 0 saturated heterocycles. The Kier molecular flexibility index (Phi) is 5.51. The van der Waals surface area contributed by atoms with E-state index in [0.717, 1.165) is 12.1 Å². The molecule has 0 spiro atoms. The van der Waals surface area contributed by atoms with E-state index in [1.807, 2.05) is 0 Å². The number of fused-ring (bicyclic) bond motifs is 1. The number of aromatic nitrogens is 1. The lowest BCUT2D eigenvalue weighted by atomic mass is 10.1. The van der Waals surface area contributed by atoms with Crippen LogP contribution in [0.25, 0.3) is 10.9 Å². The van der Waals surface area contributed by atoms with Gasteiger partial charge in [0.2, 0.25) is 9.84 Å². The third kappa shape index (κ3) is 4.16. The van der Waals surface area contributed by atoms with Crippen LogP contribution in [0.1, 0.15) is 11.1 Å². The molecule has 0 aliphatic rings. The van der Waals surface area contributed by atoms with Crippen LogP contribution in [0.15, 0.2) is 76.7 Å². The average Bonchev–Trinajstić information content (AvgIpc) is 3.17. The SMILES string of the molecule is Nc1ccc(C(F)(F)F)c(Oc2ccc3[nH]cc(S(=O)(=O)c4ccccc4)c3c2)c1C(F)(F)F. The van der Waals surface area contributed by atoms with E-state index in [2.05, 4.69) is 4.98 Å². The second-order valence-corrected chi connectivity index (χ2v) is 9.10. The molecule has 0 aliphatic heterocycles. The number of nitrogens with one attached hydrogen (secondary N) is 1. The van der Waals surface area contributed by atoms with Gasteiger partial charge in [0.05, 0.1) is 15.4 Å². The highest BCUT2D eigenvalue weighted by Gasteiger charge is 2.44. The van der Waals surface area contributed by atoms with Gasteiger partial charge in [-0.25, -0.2) is 8.42 Å². The Morgan fingerprint density at radius 2 is 1.53 bits per heavy atom.